The second kappa shape index (κ2) is 8.11. The van der Waals surface area contributed by atoms with Gasteiger partial charge >= 0.3 is 0 Å². The first kappa shape index (κ1) is 21.8. The standard InChI is InChI=1S/C24H33NO3S/c1-15(2)19-12-21(16(3)4)24(22(13-19)17(5)6)29(26,27)25-14-23(25)18-8-10-20(28-7)11-9-18/h8-13,15-17,23H,14H2,1-7H3/t23-,25?/m0/s1. The van der Waals surface area contributed by atoms with Crippen molar-refractivity contribution in [2.24, 2.45) is 0 Å². The van der Waals surface area contributed by atoms with Crippen LogP contribution in [0.4, 0.5) is 0 Å². The van der Waals surface area contributed by atoms with Gasteiger partial charge in [0.15, 0.2) is 0 Å². The normalized spacial score (nSPS) is 19.2. The number of nitrogens with zero attached hydrogens (tertiary/aromatic N) is 1. The molecule has 5 heteroatoms. The van der Waals surface area contributed by atoms with Crippen LogP contribution in [-0.2, 0) is 10.0 Å². The SMILES string of the molecule is COc1ccc([C@@H]2CN2S(=O)(=O)c2c(C(C)C)cc(C(C)C)cc2C(C)C)cc1. The van der Waals surface area contributed by atoms with E-state index < -0.39 is 10.0 Å². The molecule has 0 spiro atoms. The second-order valence-corrected chi connectivity index (χ2v) is 10.7. The predicted molar refractivity (Wildman–Crippen MR) is 118 cm³/mol. The molecule has 0 aromatic heterocycles. The lowest BCUT2D eigenvalue weighted by molar-refractivity contribution is 0.414. The van der Waals surface area contributed by atoms with Gasteiger partial charge in [0.1, 0.15) is 5.75 Å². The van der Waals surface area contributed by atoms with Crippen molar-refractivity contribution in [3.8, 4) is 5.75 Å². The van der Waals surface area contributed by atoms with Crippen molar-refractivity contribution >= 4 is 10.0 Å². The summed E-state index contributed by atoms with van der Waals surface area (Å²) in [5.74, 6) is 1.40. The fourth-order valence-corrected chi connectivity index (χ4v) is 6.01. The lowest BCUT2D eigenvalue weighted by Gasteiger charge is -2.23. The molecule has 29 heavy (non-hydrogen) atoms. The smallest absolute Gasteiger partial charge is 0.244 e. The molecule has 0 radical (unpaired) electrons. The summed E-state index contributed by atoms with van der Waals surface area (Å²) in [5.41, 5.74) is 4.07. The Hall–Kier alpha value is -1.85. The zero-order valence-electron chi connectivity index (χ0n) is 18.6. The molecule has 2 atom stereocenters. The van der Waals surface area contributed by atoms with Crippen molar-refractivity contribution < 1.29 is 13.2 Å². The molecule has 1 unspecified atom stereocenters. The van der Waals surface area contributed by atoms with Gasteiger partial charge in [-0.25, -0.2) is 8.42 Å². The largest absolute Gasteiger partial charge is 0.497 e. The molecule has 0 N–H and O–H groups in total. The van der Waals surface area contributed by atoms with Gasteiger partial charge in [-0.1, -0.05) is 65.8 Å². The monoisotopic (exact) mass is 415 g/mol. The highest BCUT2D eigenvalue weighted by Gasteiger charge is 2.47. The predicted octanol–water partition coefficient (Wildman–Crippen LogP) is 5.81. The van der Waals surface area contributed by atoms with E-state index in [4.69, 9.17) is 4.74 Å². The minimum Gasteiger partial charge on any atom is -0.497 e. The molecular weight excluding hydrogens is 382 g/mol. The molecule has 2 aromatic carbocycles. The highest BCUT2D eigenvalue weighted by Crippen LogP contribution is 2.45. The number of sulfonamides is 1. The summed E-state index contributed by atoms with van der Waals surface area (Å²) >= 11 is 0. The number of rotatable bonds is 7. The van der Waals surface area contributed by atoms with E-state index in [1.807, 2.05) is 24.3 Å². The van der Waals surface area contributed by atoms with Crippen LogP contribution in [0.5, 0.6) is 5.75 Å². The summed E-state index contributed by atoms with van der Waals surface area (Å²) in [6.45, 7) is 13.1. The third kappa shape index (κ3) is 4.22. The van der Waals surface area contributed by atoms with Gasteiger partial charge < -0.3 is 4.74 Å². The molecule has 0 aliphatic carbocycles. The van der Waals surface area contributed by atoms with E-state index in [0.29, 0.717) is 17.4 Å². The van der Waals surface area contributed by atoms with Gasteiger partial charge in [-0.3, -0.25) is 0 Å². The lowest BCUT2D eigenvalue weighted by atomic mass is 9.89. The maximum atomic E-state index is 13.7. The Morgan fingerprint density at radius 1 is 0.897 bits per heavy atom. The molecule has 1 saturated heterocycles. The summed E-state index contributed by atoms with van der Waals surface area (Å²) in [6, 6.07) is 11.8. The van der Waals surface area contributed by atoms with E-state index in [-0.39, 0.29) is 17.9 Å². The third-order valence-corrected chi connectivity index (χ3v) is 7.72. The van der Waals surface area contributed by atoms with Crippen molar-refractivity contribution in [1.82, 2.24) is 4.31 Å². The van der Waals surface area contributed by atoms with Crippen LogP contribution < -0.4 is 4.74 Å². The molecular formula is C24H33NO3S. The number of ether oxygens (including phenoxy) is 1. The first-order valence-electron chi connectivity index (χ1n) is 10.4. The summed E-state index contributed by atoms with van der Waals surface area (Å²) in [7, 11) is -1.94. The topological polar surface area (TPSA) is 46.4 Å². The van der Waals surface area contributed by atoms with E-state index in [9.17, 15) is 8.42 Å². The Bertz CT molecular complexity index is 947. The Kier molecular flexibility index (Phi) is 6.11. The number of benzene rings is 2. The van der Waals surface area contributed by atoms with E-state index in [0.717, 1.165) is 22.4 Å². The Balaban J connectivity index is 2.06. The van der Waals surface area contributed by atoms with Gasteiger partial charge in [0, 0.05) is 6.54 Å². The van der Waals surface area contributed by atoms with Crippen LogP contribution in [0.15, 0.2) is 41.3 Å². The highest BCUT2D eigenvalue weighted by atomic mass is 32.2. The van der Waals surface area contributed by atoms with E-state index in [1.165, 1.54) is 5.56 Å². The molecule has 0 amide bonds. The minimum atomic E-state index is -3.57. The van der Waals surface area contributed by atoms with Gasteiger partial charge in [0.05, 0.1) is 18.0 Å². The molecule has 2 aromatic rings. The lowest BCUT2D eigenvalue weighted by Crippen LogP contribution is -2.19. The van der Waals surface area contributed by atoms with E-state index in [2.05, 4.69) is 53.7 Å². The van der Waals surface area contributed by atoms with Gasteiger partial charge in [-0.05, 0) is 52.1 Å². The van der Waals surface area contributed by atoms with Crippen LogP contribution in [0.1, 0.15) is 87.6 Å². The van der Waals surface area contributed by atoms with Crippen molar-refractivity contribution in [3.63, 3.8) is 0 Å². The van der Waals surface area contributed by atoms with Gasteiger partial charge in [0.2, 0.25) is 10.0 Å². The van der Waals surface area contributed by atoms with Crippen LogP contribution in [0.3, 0.4) is 0 Å². The quantitative estimate of drug-likeness (QED) is 0.536. The fraction of sp³-hybridized carbons (Fsp3) is 0.500. The van der Waals surface area contributed by atoms with Crippen molar-refractivity contribution in [2.75, 3.05) is 13.7 Å². The molecule has 4 nitrogen and oxygen atoms in total. The average molecular weight is 416 g/mol. The maximum Gasteiger partial charge on any atom is 0.244 e. The second-order valence-electron chi connectivity index (χ2n) is 8.86. The zero-order valence-corrected chi connectivity index (χ0v) is 19.4. The minimum absolute atomic E-state index is 0.101. The first-order valence-corrected chi connectivity index (χ1v) is 11.9. The number of hydrogen-bond acceptors (Lipinski definition) is 3. The molecule has 158 valence electrons. The van der Waals surface area contributed by atoms with Crippen molar-refractivity contribution in [1.29, 1.82) is 0 Å². The van der Waals surface area contributed by atoms with Gasteiger partial charge in [-0.2, -0.15) is 4.31 Å². The zero-order chi connectivity index (χ0) is 21.5. The summed E-state index contributed by atoms with van der Waals surface area (Å²) < 4.78 is 34.3. The van der Waals surface area contributed by atoms with Crippen LogP contribution in [0.25, 0.3) is 0 Å². The third-order valence-electron chi connectivity index (χ3n) is 5.71. The Labute approximate surface area is 175 Å². The Morgan fingerprint density at radius 3 is 1.83 bits per heavy atom. The van der Waals surface area contributed by atoms with Crippen molar-refractivity contribution in [3.05, 3.63) is 58.7 Å². The van der Waals surface area contributed by atoms with E-state index in [1.54, 1.807) is 11.4 Å². The van der Waals surface area contributed by atoms with Crippen molar-refractivity contribution in [2.45, 2.75) is 70.2 Å². The number of methoxy groups -OCH3 is 1. The molecule has 1 fully saturated rings. The molecule has 1 aliphatic heterocycles. The van der Waals surface area contributed by atoms with E-state index >= 15 is 0 Å². The molecule has 3 rings (SSSR count). The maximum absolute atomic E-state index is 13.7. The summed E-state index contributed by atoms with van der Waals surface area (Å²) in [4.78, 5) is 0.517. The van der Waals surface area contributed by atoms with Crippen LogP contribution in [0.2, 0.25) is 0 Å². The summed E-state index contributed by atoms with van der Waals surface area (Å²) in [5, 5.41) is 0. The van der Waals surface area contributed by atoms with Gasteiger partial charge in [-0.15, -0.1) is 0 Å². The molecule has 1 heterocycles. The highest BCUT2D eigenvalue weighted by molar-refractivity contribution is 7.89. The molecule has 0 saturated carbocycles. The average Bonchev–Trinajstić information content (AvgIpc) is 3.48. The Morgan fingerprint density at radius 2 is 1.41 bits per heavy atom. The molecule has 1 aliphatic rings. The number of hydrogen-bond donors (Lipinski definition) is 0. The van der Waals surface area contributed by atoms with Gasteiger partial charge in [0.25, 0.3) is 0 Å². The van der Waals surface area contributed by atoms with Crippen LogP contribution in [0, 0.1) is 0 Å². The van der Waals surface area contributed by atoms with Crippen LogP contribution in [-0.4, -0.2) is 26.4 Å². The summed E-state index contributed by atoms with van der Waals surface area (Å²) in [6.07, 6.45) is 0. The molecule has 0 bridgehead atoms. The van der Waals surface area contributed by atoms with Crippen LogP contribution >= 0.6 is 0 Å². The first-order chi connectivity index (χ1) is 13.6. The fourth-order valence-electron chi connectivity index (χ4n) is 3.79.